The van der Waals surface area contributed by atoms with Gasteiger partial charge >= 0.3 is 0 Å². The van der Waals surface area contributed by atoms with Gasteiger partial charge in [0.2, 0.25) is 11.8 Å². The highest BCUT2D eigenvalue weighted by Gasteiger charge is 2.15. The van der Waals surface area contributed by atoms with Crippen molar-refractivity contribution < 1.29 is 14.5 Å². The van der Waals surface area contributed by atoms with Crippen molar-refractivity contribution in [1.29, 1.82) is 0 Å². The summed E-state index contributed by atoms with van der Waals surface area (Å²) in [4.78, 5) is 25.6. The summed E-state index contributed by atoms with van der Waals surface area (Å²) in [5.41, 5.74) is 0.980. The standard InChI is InChI=1S/C20H25N3O2/c24-19(14-17-8-5-7-16-6-1-2-9-18(16)17)22-15-20(25)21-10-13-23-11-3-4-12-23/h1-2,5-9H,3-4,10-15H2,(H,21,25)(H,22,24)/p+1. The molecule has 0 spiro atoms. The van der Waals surface area contributed by atoms with Gasteiger partial charge in [-0.25, -0.2) is 0 Å². The molecule has 1 heterocycles. The highest BCUT2D eigenvalue weighted by atomic mass is 16.2. The highest BCUT2D eigenvalue weighted by Crippen LogP contribution is 2.18. The van der Waals surface area contributed by atoms with Gasteiger partial charge in [-0.05, 0) is 16.3 Å². The normalized spacial score (nSPS) is 14.6. The maximum atomic E-state index is 12.1. The Labute approximate surface area is 148 Å². The summed E-state index contributed by atoms with van der Waals surface area (Å²) in [7, 11) is 0. The zero-order valence-corrected chi connectivity index (χ0v) is 14.5. The minimum atomic E-state index is -0.128. The molecule has 2 amide bonds. The Morgan fingerprint density at radius 3 is 2.52 bits per heavy atom. The topological polar surface area (TPSA) is 62.6 Å². The molecule has 2 aromatic carbocycles. The monoisotopic (exact) mass is 340 g/mol. The fourth-order valence-electron chi connectivity index (χ4n) is 3.43. The lowest BCUT2D eigenvalue weighted by Gasteiger charge is -2.12. The second-order valence-corrected chi connectivity index (χ2v) is 6.65. The van der Waals surface area contributed by atoms with E-state index in [1.807, 2.05) is 42.5 Å². The van der Waals surface area contributed by atoms with Crippen molar-refractivity contribution >= 4 is 22.6 Å². The molecule has 2 aromatic rings. The van der Waals surface area contributed by atoms with E-state index in [4.69, 9.17) is 0 Å². The number of fused-ring (bicyclic) bond motifs is 1. The van der Waals surface area contributed by atoms with Gasteiger partial charge in [0.25, 0.3) is 0 Å². The molecule has 25 heavy (non-hydrogen) atoms. The summed E-state index contributed by atoms with van der Waals surface area (Å²) in [5.74, 6) is -0.249. The zero-order valence-electron chi connectivity index (χ0n) is 14.5. The molecule has 0 saturated carbocycles. The van der Waals surface area contributed by atoms with Gasteiger partial charge in [-0.1, -0.05) is 42.5 Å². The Bertz CT molecular complexity index is 733. The maximum absolute atomic E-state index is 12.1. The van der Waals surface area contributed by atoms with Crippen LogP contribution in [0.4, 0.5) is 0 Å². The summed E-state index contributed by atoms with van der Waals surface area (Å²) in [6.07, 6.45) is 2.85. The first-order valence-corrected chi connectivity index (χ1v) is 9.06. The van der Waals surface area contributed by atoms with Crippen LogP contribution in [-0.4, -0.2) is 44.5 Å². The molecular weight excluding hydrogens is 314 g/mol. The predicted octanol–water partition coefficient (Wildman–Crippen LogP) is 0.293. The van der Waals surface area contributed by atoms with Crippen LogP contribution in [0.15, 0.2) is 42.5 Å². The molecule has 0 radical (unpaired) electrons. The maximum Gasteiger partial charge on any atom is 0.239 e. The predicted molar refractivity (Wildman–Crippen MR) is 98.5 cm³/mol. The van der Waals surface area contributed by atoms with Crippen LogP contribution in [0.3, 0.4) is 0 Å². The third-order valence-electron chi connectivity index (χ3n) is 4.79. The van der Waals surface area contributed by atoms with Crippen LogP contribution in [0.2, 0.25) is 0 Å². The molecule has 132 valence electrons. The van der Waals surface area contributed by atoms with Gasteiger partial charge in [0.1, 0.15) is 0 Å². The van der Waals surface area contributed by atoms with Gasteiger partial charge in [-0.2, -0.15) is 0 Å². The summed E-state index contributed by atoms with van der Waals surface area (Å²) in [5, 5.41) is 7.80. The number of rotatable bonds is 7. The molecule has 0 atom stereocenters. The van der Waals surface area contributed by atoms with E-state index in [-0.39, 0.29) is 24.8 Å². The summed E-state index contributed by atoms with van der Waals surface area (Å²) < 4.78 is 0. The van der Waals surface area contributed by atoms with Crippen molar-refractivity contribution in [3.05, 3.63) is 48.0 Å². The Morgan fingerprint density at radius 1 is 0.920 bits per heavy atom. The summed E-state index contributed by atoms with van der Waals surface area (Å²) in [6, 6.07) is 14.0. The average Bonchev–Trinajstić information content (AvgIpc) is 3.14. The van der Waals surface area contributed by atoms with Crippen molar-refractivity contribution in [1.82, 2.24) is 10.6 Å². The van der Waals surface area contributed by atoms with Crippen LogP contribution in [0, 0.1) is 0 Å². The Kier molecular flexibility index (Phi) is 6.01. The lowest BCUT2D eigenvalue weighted by Crippen LogP contribution is -3.10. The molecule has 3 rings (SSSR count). The molecule has 1 aliphatic rings. The second-order valence-electron chi connectivity index (χ2n) is 6.65. The number of carbonyl (C=O) groups is 2. The number of nitrogens with one attached hydrogen (secondary N) is 3. The van der Waals surface area contributed by atoms with E-state index in [1.165, 1.54) is 25.9 Å². The number of amides is 2. The third-order valence-corrected chi connectivity index (χ3v) is 4.79. The van der Waals surface area contributed by atoms with Gasteiger partial charge < -0.3 is 15.5 Å². The SMILES string of the molecule is O=C(CNC(=O)Cc1cccc2ccccc12)NCC[NH+]1CCCC1. The van der Waals surface area contributed by atoms with E-state index < -0.39 is 0 Å². The van der Waals surface area contributed by atoms with E-state index in [0.29, 0.717) is 6.54 Å². The van der Waals surface area contributed by atoms with E-state index in [1.54, 1.807) is 4.90 Å². The third kappa shape index (κ3) is 5.03. The van der Waals surface area contributed by atoms with Crippen molar-refractivity contribution in [2.24, 2.45) is 0 Å². The molecule has 0 aromatic heterocycles. The molecule has 0 unspecified atom stereocenters. The van der Waals surface area contributed by atoms with Gasteiger partial charge in [-0.15, -0.1) is 0 Å². The largest absolute Gasteiger partial charge is 0.349 e. The first-order chi connectivity index (χ1) is 12.2. The van der Waals surface area contributed by atoms with Crippen molar-refractivity contribution in [3.8, 4) is 0 Å². The molecule has 0 bridgehead atoms. The number of hydrogen-bond acceptors (Lipinski definition) is 2. The molecule has 5 heteroatoms. The fraction of sp³-hybridized carbons (Fsp3) is 0.400. The lowest BCUT2D eigenvalue weighted by molar-refractivity contribution is -0.886. The number of likely N-dealkylation sites (tertiary alicyclic amines) is 1. The Hall–Kier alpha value is -2.40. The van der Waals surface area contributed by atoms with Crippen LogP contribution in [0.25, 0.3) is 10.8 Å². The van der Waals surface area contributed by atoms with E-state index >= 15 is 0 Å². The van der Waals surface area contributed by atoms with E-state index in [2.05, 4.69) is 10.6 Å². The van der Waals surface area contributed by atoms with Gasteiger partial charge in [-0.3, -0.25) is 9.59 Å². The van der Waals surface area contributed by atoms with Crippen LogP contribution >= 0.6 is 0 Å². The summed E-state index contributed by atoms with van der Waals surface area (Å²) >= 11 is 0. The second kappa shape index (κ2) is 8.62. The lowest BCUT2D eigenvalue weighted by atomic mass is 10.0. The van der Waals surface area contributed by atoms with Crippen LogP contribution in [0.1, 0.15) is 18.4 Å². The van der Waals surface area contributed by atoms with Crippen LogP contribution < -0.4 is 15.5 Å². The smallest absolute Gasteiger partial charge is 0.239 e. The molecule has 0 aliphatic carbocycles. The highest BCUT2D eigenvalue weighted by molar-refractivity contribution is 5.91. The van der Waals surface area contributed by atoms with Crippen LogP contribution in [0.5, 0.6) is 0 Å². The Morgan fingerprint density at radius 2 is 1.68 bits per heavy atom. The average molecular weight is 340 g/mol. The molecule has 3 N–H and O–H groups in total. The zero-order chi connectivity index (χ0) is 17.5. The molecular formula is C20H26N3O2+. The minimum Gasteiger partial charge on any atom is -0.349 e. The number of quaternary nitrogens is 1. The quantitative estimate of drug-likeness (QED) is 0.679. The van der Waals surface area contributed by atoms with Gasteiger partial charge in [0.15, 0.2) is 0 Å². The van der Waals surface area contributed by atoms with E-state index in [0.717, 1.165) is 22.9 Å². The van der Waals surface area contributed by atoms with E-state index in [9.17, 15) is 9.59 Å². The Balaban J connectivity index is 1.42. The first-order valence-electron chi connectivity index (χ1n) is 9.06. The number of benzene rings is 2. The molecule has 1 saturated heterocycles. The van der Waals surface area contributed by atoms with Gasteiger partial charge in [0.05, 0.1) is 39.1 Å². The minimum absolute atomic E-state index is 0.0406. The summed E-state index contributed by atoms with van der Waals surface area (Å²) in [6.45, 7) is 4.09. The van der Waals surface area contributed by atoms with Gasteiger partial charge in [0, 0.05) is 12.8 Å². The fourth-order valence-corrected chi connectivity index (χ4v) is 3.43. The first kappa shape index (κ1) is 17.4. The van der Waals surface area contributed by atoms with Crippen molar-refractivity contribution in [3.63, 3.8) is 0 Å². The van der Waals surface area contributed by atoms with Crippen molar-refractivity contribution in [2.45, 2.75) is 19.3 Å². The molecule has 1 aliphatic heterocycles. The molecule has 5 nitrogen and oxygen atoms in total. The number of carbonyl (C=O) groups excluding carboxylic acids is 2. The molecule has 1 fully saturated rings. The number of hydrogen-bond donors (Lipinski definition) is 3. The van der Waals surface area contributed by atoms with Crippen molar-refractivity contribution in [2.75, 3.05) is 32.7 Å². The van der Waals surface area contributed by atoms with Crippen LogP contribution in [-0.2, 0) is 16.0 Å².